The van der Waals surface area contributed by atoms with E-state index >= 15 is 0 Å². The molecule has 0 aromatic heterocycles. The molecule has 0 aliphatic heterocycles. The van der Waals surface area contributed by atoms with Gasteiger partial charge < -0.3 is 9.47 Å². The number of ketones is 1. The lowest BCUT2D eigenvalue weighted by Gasteiger charge is -2.41. The summed E-state index contributed by atoms with van der Waals surface area (Å²) in [5.41, 5.74) is 0. The molecular weight excluding hydrogens is 248 g/mol. The van der Waals surface area contributed by atoms with Crippen LogP contribution in [0.25, 0.3) is 0 Å². The van der Waals surface area contributed by atoms with Crippen molar-refractivity contribution in [2.24, 2.45) is 23.7 Å². The van der Waals surface area contributed by atoms with Crippen LogP contribution in [0.1, 0.15) is 32.1 Å². The lowest BCUT2D eigenvalue weighted by molar-refractivity contribution is -0.167. The van der Waals surface area contributed by atoms with E-state index < -0.39 is 17.8 Å². The largest absolute Gasteiger partial charge is 0.469 e. The van der Waals surface area contributed by atoms with Crippen molar-refractivity contribution in [3.8, 4) is 0 Å². The predicted molar refractivity (Wildman–Crippen MR) is 66.1 cm³/mol. The van der Waals surface area contributed by atoms with Gasteiger partial charge in [-0.1, -0.05) is 12.8 Å². The Morgan fingerprint density at radius 1 is 1.05 bits per heavy atom. The number of hydrogen-bond acceptors (Lipinski definition) is 5. The number of carbonyl (C=O) groups excluding carboxylic acids is 3. The monoisotopic (exact) mass is 268 g/mol. The van der Waals surface area contributed by atoms with Crippen molar-refractivity contribution in [2.45, 2.75) is 32.1 Å². The lowest BCUT2D eigenvalue weighted by atomic mass is 9.61. The first-order valence-electron chi connectivity index (χ1n) is 6.78. The van der Waals surface area contributed by atoms with Crippen molar-refractivity contribution in [2.75, 3.05) is 14.2 Å². The molecule has 0 heterocycles. The molecule has 0 spiro atoms. The smallest absolute Gasteiger partial charge is 0.309 e. The standard InChI is InChI=1S/C14H20O5/c1-18-13(16)10-7-11(15)8-5-3-4-6-9(8)12(10)14(17)19-2/h8-10,12H,3-7H2,1-2H3/t8-,9-,10+,12+/m0/s1. The molecule has 2 rings (SSSR count). The first-order chi connectivity index (χ1) is 9.10. The van der Waals surface area contributed by atoms with E-state index in [1.54, 1.807) is 0 Å². The van der Waals surface area contributed by atoms with Gasteiger partial charge in [0.2, 0.25) is 0 Å². The van der Waals surface area contributed by atoms with Crippen LogP contribution in [0, 0.1) is 23.7 Å². The number of fused-ring (bicyclic) bond motifs is 1. The van der Waals surface area contributed by atoms with Crippen LogP contribution in [0.5, 0.6) is 0 Å². The summed E-state index contributed by atoms with van der Waals surface area (Å²) in [6.07, 6.45) is 3.75. The SMILES string of the molecule is COC(=O)[C@@H]1[C@H]2CCCC[C@@H]2C(=O)C[C@H]1C(=O)OC. The molecule has 0 saturated heterocycles. The summed E-state index contributed by atoms with van der Waals surface area (Å²) >= 11 is 0. The topological polar surface area (TPSA) is 69.7 Å². The Kier molecular flexibility index (Phi) is 4.22. The first kappa shape index (κ1) is 14.0. The van der Waals surface area contributed by atoms with Gasteiger partial charge in [-0.25, -0.2) is 0 Å². The molecule has 5 nitrogen and oxygen atoms in total. The Morgan fingerprint density at radius 2 is 1.68 bits per heavy atom. The molecule has 2 fully saturated rings. The van der Waals surface area contributed by atoms with Gasteiger partial charge in [0.1, 0.15) is 5.78 Å². The van der Waals surface area contributed by atoms with Gasteiger partial charge in [0.15, 0.2) is 0 Å². The maximum absolute atomic E-state index is 12.2. The molecule has 2 aliphatic carbocycles. The average Bonchev–Trinajstić information content (AvgIpc) is 2.45. The Balaban J connectivity index is 2.30. The maximum Gasteiger partial charge on any atom is 0.309 e. The molecule has 0 radical (unpaired) electrons. The van der Waals surface area contributed by atoms with Crippen molar-refractivity contribution >= 4 is 17.7 Å². The van der Waals surface area contributed by atoms with Crippen LogP contribution in [0.3, 0.4) is 0 Å². The zero-order chi connectivity index (χ0) is 14.0. The maximum atomic E-state index is 12.2. The third-order valence-electron chi connectivity index (χ3n) is 4.53. The second-order valence-corrected chi connectivity index (χ2v) is 5.40. The van der Waals surface area contributed by atoms with Crippen LogP contribution in [0.2, 0.25) is 0 Å². The minimum atomic E-state index is -0.677. The molecular formula is C14H20O5. The van der Waals surface area contributed by atoms with E-state index in [2.05, 4.69) is 0 Å². The van der Waals surface area contributed by atoms with E-state index in [4.69, 9.17) is 9.47 Å². The predicted octanol–water partition coefficient (Wildman–Crippen LogP) is 1.34. The molecule has 0 aromatic rings. The molecule has 0 bridgehead atoms. The molecule has 0 amide bonds. The lowest BCUT2D eigenvalue weighted by Crippen LogP contribution is -2.48. The van der Waals surface area contributed by atoms with Crippen molar-refractivity contribution in [3.63, 3.8) is 0 Å². The van der Waals surface area contributed by atoms with Gasteiger partial charge in [-0.3, -0.25) is 14.4 Å². The van der Waals surface area contributed by atoms with Crippen LogP contribution in [-0.2, 0) is 23.9 Å². The molecule has 2 aliphatic rings. The minimum Gasteiger partial charge on any atom is -0.469 e. The molecule has 4 atom stereocenters. The highest BCUT2D eigenvalue weighted by molar-refractivity contribution is 5.92. The fourth-order valence-electron chi connectivity index (χ4n) is 3.64. The van der Waals surface area contributed by atoms with E-state index in [9.17, 15) is 14.4 Å². The van der Waals surface area contributed by atoms with E-state index in [1.807, 2.05) is 0 Å². The Morgan fingerprint density at radius 3 is 2.32 bits per heavy atom. The van der Waals surface area contributed by atoms with Crippen LogP contribution in [0.4, 0.5) is 0 Å². The number of rotatable bonds is 2. The quantitative estimate of drug-likeness (QED) is 0.707. The van der Waals surface area contributed by atoms with Crippen LogP contribution < -0.4 is 0 Å². The van der Waals surface area contributed by atoms with Gasteiger partial charge in [0.05, 0.1) is 26.1 Å². The van der Waals surface area contributed by atoms with Gasteiger partial charge in [-0.05, 0) is 18.8 Å². The number of Topliss-reactive ketones (excluding diaryl/α,β-unsaturated/α-hetero) is 1. The summed E-state index contributed by atoms with van der Waals surface area (Å²) in [4.78, 5) is 36.0. The minimum absolute atomic E-state index is 0.0634. The van der Waals surface area contributed by atoms with E-state index in [0.29, 0.717) is 0 Å². The Labute approximate surface area is 112 Å². The van der Waals surface area contributed by atoms with E-state index in [0.717, 1.165) is 25.7 Å². The summed E-state index contributed by atoms with van der Waals surface area (Å²) in [6.45, 7) is 0. The Bertz CT molecular complexity index is 389. The van der Waals surface area contributed by atoms with Crippen molar-refractivity contribution < 1.29 is 23.9 Å². The highest BCUT2D eigenvalue weighted by Crippen LogP contribution is 2.45. The number of esters is 2. The second-order valence-electron chi connectivity index (χ2n) is 5.40. The van der Waals surface area contributed by atoms with Crippen LogP contribution in [0.15, 0.2) is 0 Å². The summed E-state index contributed by atoms with van der Waals surface area (Å²) in [5.74, 6) is -2.12. The number of carbonyl (C=O) groups is 3. The molecule has 0 aromatic carbocycles. The average molecular weight is 268 g/mol. The first-order valence-corrected chi connectivity index (χ1v) is 6.78. The molecule has 5 heteroatoms. The molecule has 0 unspecified atom stereocenters. The molecule has 106 valence electrons. The summed E-state index contributed by atoms with van der Waals surface area (Å²) in [6, 6.07) is 0. The van der Waals surface area contributed by atoms with Gasteiger partial charge >= 0.3 is 11.9 Å². The molecule has 19 heavy (non-hydrogen) atoms. The zero-order valence-corrected chi connectivity index (χ0v) is 11.4. The third kappa shape index (κ3) is 2.51. The third-order valence-corrected chi connectivity index (χ3v) is 4.53. The van der Waals surface area contributed by atoms with Crippen LogP contribution in [-0.4, -0.2) is 31.9 Å². The Hall–Kier alpha value is -1.39. The van der Waals surface area contributed by atoms with E-state index in [-0.39, 0.29) is 30.0 Å². The van der Waals surface area contributed by atoms with Gasteiger partial charge in [-0.15, -0.1) is 0 Å². The highest BCUT2D eigenvalue weighted by Gasteiger charge is 2.51. The number of hydrogen-bond donors (Lipinski definition) is 0. The van der Waals surface area contributed by atoms with Crippen LogP contribution >= 0.6 is 0 Å². The van der Waals surface area contributed by atoms with Crippen molar-refractivity contribution in [1.82, 2.24) is 0 Å². The summed E-state index contributed by atoms with van der Waals surface area (Å²) < 4.78 is 9.58. The molecule has 2 saturated carbocycles. The van der Waals surface area contributed by atoms with Gasteiger partial charge in [0, 0.05) is 12.3 Å². The van der Waals surface area contributed by atoms with Crippen molar-refractivity contribution in [1.29, 1.82) is 0 Å². The van der Waals surface area contributed by atoms with E-state index in [1.165, 1.54) is 14.2 Å². The fraction of sp³-hybridized carbons (Fsp3) is 0.786. The number of ether oxygens (including phenoxy) is 2. The number of methoxy groups -OCH3 is 2. The van der Waals surface area contributed by atoms with Gasteiger partial charge in [0.25, 0.3) is 0 Å². The highest BCUT2D eigenvalue weighted by atomic mass is 16.5. The summed E-state index contributed by atoms with van der Waals surface area (Å²) in [7, 11) is 2.61. The van der Waals surface area contributed by atoms with Gasteiger partial charge in [-0.2, -0.15) is 0 Å². The van der Waals surface area contributed by atoms with Crippen molar-refractivity contribution in [3.05, 3.63) is 0 Å². The summed E-state index contributed by atoms with van der Waals surface area (Å²) in [5, 5.41) is 0. The normalized spacial score (nSPS) is 34.3. The fourth-order valence-corrected chi connectivity index (χ4v) is 3.64. The molecule has 0 N–H and O–H groups in total. The zero-order valence-electron chi connectivity index (χ0n) is 11.4. The second kappa shape index (κ2) is 5.72.